The average Bonchev–Trinajstić information content (AvgIpc) is 2.95. The van der Waals surface area contributed by atoms with Crippen LogP contribution in [0.1, 0.15) is 49.4 Å². The highest BCUT2D eigenvalue weighted by Crippen LogP contribution is 2.31. The number of halogens is 1. The Kier molecular flexibility index (Phi) is 5.41. The minimum absolute atomic E-state index is 0.422. The molecule has 0 amide bonds. The van der Waals surface area contributed by atoms with Crippen molar-refractivity contribution in [3.05, 3.63) is 51.5 Å². The first-order valence-electron chi connectivity index (χ1n) is 7.88. The molecule has 4 nitrogen and oxygen atoms in total. The molecule has 23 heavy (non-hydrogen) atoms. The van der Waals surface area contributed by atoms with Gasteiger partial charge in [0, 0.05) is 5.92 Å². The zero-order chi connectivity index (χ0) is 16.1. The summed E-state index contributed by atoms with van der Waals surface area (Å²) in [6, 6.07) is 9.90. The molecule has 1 N–H and O–H groups in total. The van der Waals surface area contributed by atoms with Crippen molar-refractivity contribution in [1.82, 2.24) is 14.9 Å². The van der Waals surface area contributed by atoms with Crippen LogP contribution in [0.25, 0.3) is 6.08 Å². The monoisotopic (exact) mass is 346 g/mol. The summed E-state index contributed by atoms with van der Waals surface area (Å²) in [5.41, 5.74) is 1.03. The van der Waals surface area contributed by atoms with E-state index in [-0.39, 0.29) is 0 Å². The van der Waals surface area contributed by atoms with Crippen molar-refractivity contribution in [2.24, 2.45) is 5.10 Å². The van der Waals surface area contributed by atoms with Crippen molar-refractivity contribution in [3.63, 3.8) is 0 Å². The lowest BCUT2D eigenvalue weighted by atomic mass is 9.89. The summed E-state index contributed by atoms with van der Waals surface area (Å²) < 4.78 is 2.21. The number of aromatic nitrogens is 3. The molecule has 2 aromatic rings. The second kappa shape index (κ2) is 7.70. The first-order valence-corrected chi connectivity index (χ1v) is 8.66. The van der Waals surface area contributed by atoms with E-state index in [1.54, 1.807) is 10.9 Å². The lowest BCUT2D eigenvalue weighted by Gasteiger charge is -2.19. The number of hydrogen-bond donors (Lipinski definition) is 1. The SMILES string of the molecule is S=c1[nH]nc(C2CCCCC2)n1/N=C\C(Cl)=C\c1ccccc1. The van der Waals surface area contributed by atoms with E-state index in [4.69, 9.17) is 23.8 Å². The van der Waals surface area contributed by atoms with E-state index in [2.05, 4.69) is 15.3 Å². The fourth-order valence-corrected chi connectivity index (χ4v) is 3.26. The third-order valence-corrected chi connectivity index (χ3v) is 4.52. The van der Waals surface area contributed by atoms with Crippen molar-refractivity contribution in [2.75, 3.05) is 0 Å². The maximum absolute atomic E-state index is 6.26. The van der Waals surface area contributed by atoms with Crippen molar-refractivity contribution in [3.8, 4) is 0 Å². The molecule has 0 atom stereocenters. The Labute approximate surface area is 145 Å². The van der Waals surface area contributed by atoms with Crippen molar-refractivity contribution >= 4 is 36.1 Å². The number of rotatable bonds is 4. The normalized spacial score (nSPS) is 17.0. The smallest absolute Gasteiger partial charge is 0.216 e. The fourth-order valence-electron chi connectivity index (χ4n) is 2.90. The van der Waals surface area contributed by atoms with Crippen LogP contribution >= 0.6 is 23.8 Å². The highest BCUT2D eigenvalue weighted by molar-refractivity contribution is 7.71. The first-order chi connectivity index (χ1) is 11.2. The molecule has 3 rings (SSSR count). The predicted octanol–water partition coefficient (Wildman–Crippen LogP) is 5.10. The van der Waals surface area contributed by atoms with Crippen LogP contribution in [0.2, 0.25) is 0 Å². The van der Waals surface area contributed by atoms with Gasteiger partial charge in [0.25, 0.3) is 0 Å². The number of nitrogens with zero attached hydrogens (tertiary/aromatic N) is 3. The largest absolute Gasteiger partial charge is 0.250 e. The Bertz CT molecular complexity index is 754. The highest BCUT2D eigenvalue weighted by atomic mass is 35.5. The second-order valence-corrected chi connectivity index (χ2v) is 6.54. The molecule has 6 heteroatoms. The molecule has 0 radical (unpaired) electrons. The molecule has 1 aliphatic rings. The van der Waals surface area contributed by atoms with Crippen LogP contribution in [0.5, 0.6) is 0 Å². The van der Waals surface area contributed by atoms with Gasteiger partial charge < -0.3 is 0 Å². The van der Waals surface area contributed by atoms with Gasteiger partial charge in [0.05, 0.1) is 11.2 Å². The topological polar surface area (TPSA) is 46.0 Å². The average molecular weight is 347 g/mol. The lowest BCUT2D eigenvalue weighted by molar-refractivity contribution is 0.419. The van der Waals surface area contributed by atoms with E-state index in [0.29, 0.717) is 15.7 Å². The summed E-state index contributed by atoms with van der Waals surface area (Å²) in [6.45, 7) is 0. The number of benzene rings is 1. The Morgan fingerprint density at radius 1 is 1.26 bits per heavy atom. The predicted molar refractivity (Wildman–Crippen MR) is 97.4 cm³/mol. The summed E-state index contributed by atoms with van der Waals surface area (Å²) in [5.74, 6) is 1.33. The summed E-state index contributed by atoms with van der Waals surface area (Å²) in [4.78, 5) is 0. The van der Waals surface area contributed by atoms with Gasteiger partial charge in [0.15, 0.2) is 5.82 Å². The van der Waals surface area contributed by atoms with Crippen LogP contribution in [-0.2, 0) is 0 Å². The molecule has 1 aromatic carbocycles. The van der Waals surface area contributed by atoms with Gasteiger partial charge in [-0.15, -0.1) is 0 Å². The van der Waals surface area contributed by atoms with Crippen LogP contribution in [0.3, 0.4) is 0 Å². The molecule has 1 saturated carbocycles. The maximum Gasteiger partial charge on any atom is 0.216 e. The maximum atomic E-state index is 6.26. The van der Waals surface area contributed by atoms with Crippen molar-refractivity contribution in [1.29, 1.82) is 0 Å². The van der Waals surface area contributed by atoms with Crippen LogP contribution in [0.4, 0.5) is 0 Å². The molecule has 1 fully saturated rings. The van der Waals surface area contributed by atoms with Gasteiger partial charge >= 0.3 is 0 Å². The summed E-state index contributed by atoms with van der Waals surface area (Å²) >= 11 is 11.5. The van der Waals surface area contributed by atoms with Gasteiger partial charge in [-0.3, -0.25) is 5.10 Å². The highest BCUT2D eigenvalue weighted by Gasteiger charge is 2.21. The molecule has 1 aromatic heterocycles. The van der Waals surface area contributed by atoms with Gasteiger partial charge in [-0.1, -0.05) is 61.2 Å². The van der Waals surface area contributed by atoms with Crippen LogP contribution in [0.15, 0.2) is 40.5 Å². The molecule has 0 unspecified atom stereocenters. The number of aromatic amines is 1. The van der Waals surface area contributed by atoms with Gasteiger partial charge in [0.1, 0.15) is 0 Å². The minimum atomic E-state index is 0.422. The number of nitrogens with one attached hydrogen (secondary N) is 1. The number of allylic oxidation sites excluding steroid dienone is 1. The molecule has 0 bridgehead atoms. The van der Waals surface area contributed by atoms with Gasteiger partial charge in [0.2, 0.25) is 4.77 Å². The molecule has 0 spiro atoms. The van der Waals surface area contributed by atoms with E-state index in [0.717, 1.165) is 24.2 Å². The van der Waals surface area contributed by atoms with Crippen molar-refractivity contribution < 1.29 is 0 Å². The number of H-pyrrole nitrogens is 1. The molecular weight excluding hydrogens is 328 g/mol. The van der Waals surface area contributed by atoms with Crippen LogP contribution < -0.4 is 0 Å². The van der Waals surface area contributed by atoms with Crippen molar-refractivity contribution in [2.45, 2.75) is 38.0 Å². The van der Waals surface area contributed by atoms with E-state index in [1.807, 2.05) is 36.4 Å². The zero-order valence-corrected chi connectivity index (χ0v) is 14.4. The molecule has 120 valence electrons. The van der Waals surface area contributed by atoms with Crippen LogP contribution in [0, 0.1) is 4.77 Å². The summed E-state index contributed by atoms with van der Waals surface area (Å²) in [5, 5.41) is 12.2. The Morgan fingerprint density at radius 3 is 2.74 bits per heavy atom. The molecular formula is C17H19ClN4S. The van der Waals surface area contributed by atoms with Gasteiger partial charge in [-0.05, 0) is 36.7 Å². The van der Waals surface area contributed by atoms with Gasteiger partial charge in [-0.25, -0.2) is 0 Å². The molecule has 1 heterocycles. The summed E-state index contributed by atoms with van der Waals surface area (Å²) in [6.07, 6.45) is 9.55. The van der Waals surface area contributed by atoms with Crippen LogP contribution in [-0.4, -0.2) is 21.1 Å². The standard InChI is InChI=1S/C17H19ClN4S/c18-15(11-13-7-3-1-4-8-13)12-19-22-16(20-21-17(22)23)14-9-5-2-6-10-14/h1,3-4,7-8,11-12,14H,2,5-6,9-10H2,(H,21,23)/b15-11-,19-12-. The van der Waals surface area contributed by atoms with E-state index >= 15 is 0 Å². The molecule has 0 aliphatic heterocycles. The minimum Gasteiger partial charge on any atom is -0.250 e. The third-order valence-electron chi connectivity index (χ3n) is 4.05. The Hall–Kier alpha value is -1.72. The molecule has 1 aliphatic carbocycles. The van der Waals surface area contributed by atoms with Gasteiger partial charge in [-0.2, -0.15) is 14.9 Å². The van der Waals surface area contributed by atoms with E-state index in [1.165, 1.54) is 19.3 Å². The molecule has 0 saturated heterocycles. The second-order valence-electron chi connectivity index (χ2n) is 5.72. The fraction of sp³-hybridized carbons (Fsp3) is 0.353. The quantitative estimate of drug-likeness (QED) is 0.618. The lowest BCUT2D eigenvalue weighted by Crippen LogP contribution is -2.10. The first kappa shape index (κ1) is 16.1. The zero-order valence-electron chi connectivity index (χ0n) is 12.8. The van der Waals surface area contributed by atoms with E-state index in [9.17, 15) is 0 Å². The number of hydrogen-bond acceptors (Lipinski definition) is 3. The Morgan fingerprint density at radius 2 is 2.00 bits per heavy atom. The Balaban J connectivity index is 1.81. The van der Waals surface area contributed by atoms with E-state index < -0.39 is 0 Å². The third kappa shape index (κ3) is 4.18. The summed E-state index contributed by atoms with van der Waals surface area (Å²) in [7, 11) is 0.